The van der Waals surface area contributed by atoms with Crippen molar-refractivity contribution < 1.29 is 9.53 Å². The second-order valence-electron chi connectivity index (χ2n) is 3.74. The molecule has 2 N–H and O–H groups in total. The summed E-state index contributed by atoms with van der Waals surface area (Å²) in [6.07, 6.45) is 3.45. The van der Waals surface area contributed by atoms with Gasteiger partial charge in [0.05, 0.1) is 12.5 Å². The standard InChI is InChI=1S/C9H17NO2/c1-9(6-10,8(11)12-2)7-4-3-5-7/h7H,3-6,10H2,1-2H3. The zero-order valence-corrected chi connectivity index (χ0v) is 7.80. The van der Waals surface area contributed by atoms with Crippen molar-refractivity contribution in [2.45, 2.75) is 26.2 Å². The molecule has 1 unspecified atom stereocenters. The van der Waals surface area contributed by atoms with E-state index in [-0.39, 0.29) is 5.97 Å². The van der Waals surface area contributed by atoms with Gasteiger partial charge in [-0.2, -0.15) is 0 Å². The summed E-state index contributed by atoms with van der Waals surface area (Å²) in [4.78, 5) is 11.4. The minimum Gasteiger partial charge on any atom is -0.469 e. The maximum Gasteiger partial charge on any atom is 0.313 e. The summed E-state index contributed by atoms with van der Waals surface area (Å²) in [5.41, 5.74) is 5.16. The minimum absolute atomic E-state index is 0.158. The van der Waals surface area contributed by atoms with Crippen LogP contribution in [0.25, 0.3) is 0 Å². The van der Waals surface area contributed by atoms with Crippen molar-refractivity contribution in [2.75, 3.05) is 13.7 Å². The molecular weight excluding hydrogens is 154 g/mol. The number of hydrogen-bond donors (Lipinski definition) is 1. The van der Waals surface area contributed by atoms with Crippen molar-refractivity contribution in [3.05, 3.63) is 0 Å². The Bertz CT molecular complexity index is 177. The van der Waals surface area contributed by atoms with Crippen LogP contribution in [0.15, 0.2) is 0 Å². The molecule has 3 nitrogen and oxygen atoms in total. The Kier molecular flexibility index (Phi) is 2.73. The zero-order chi connectivity index (χ0) is 9.19. The van der Waals surface area contributed by atoms with Gasteiger partial charge in [0.1, 0.15) is 0 Å². The molecule has 3 heteroatoms. The number of carbonyl (C=O) groups is 1. The van der Waals surface area contributed by atoms with Gasteiger partial charge < -0.3 is 10.5 Å². The largest absolute Gasteiger partial charge is 0.469 e. The van der Waals surface area contributed by atoms with Gasteiger partial charge in [-0.25, -0.2) is 0 Å². The predicted octanol–water partition coefficient (Wildman–Crippen LogP) is 0.924. The number of methoxy groups -OCH3 is 1. The van der Waals surface area contributed by atoms with E-state index in [9.17, 15) is 4.79 Å². The van der Waals surface area contributed by atoms with Crippen LogP contribution in [-0.2, 0) is 9.53 Å². The number of nitrogens with two attached hydrogens (primary N) is 1. The normalized spacial score (nSPS) is 22.6. The third-order valence-corrected chi connectivity index (χ3v) is 3.08. The van der Waals surface area contributed by atoms with E-state index in [1.54, 1.807) is 0 Å². The van der Waals surface area contributed by atoms with Gasteiger partial charge in [-0.15, -0.1) is 0 Å². The Hall–Kier alpha value is -0.570. The lowest BCUT2D eigenvalue weighted by Gasteiger charge is -2.39. The highest BCUT2D eigenvalue weighted by Gasteiger charge is 2.43. The summed E-state index contributed by atoms with van der Waals surface area (Å²) in [5, 5.41) is 0. The number of hydrogen-bond acceptors (Lipinski definition) is 3. The van der Waals surface area contributed by atoms with Crippen LogP contribution in [0.1, 0.15) is 26.2 Å². The lowest BCUT2D eigenvalue weighted by atomic mass is 9.66. The van der Waals surface area contributed by atoms with E-state index in [1.165, 1.54) is 13.5 Å². The Morgan fingerprint density at radius 1 is 1.67 bits per heavy atom. The van der Waals surface area contributed by atoms with Crippen molar-refractivity contribution in [3.8, 4) is 0 Å². The maximum atomic E-state index is 11.4. The number of esters is 1. The van der Waals surface area contributed by atoms with E-state index in [0.717, 1.165) is 12.8 Å². The van der Waals surface area contributed by atoms with Gasteiger partial charge in [0.2, 0.25) is 0 Å². The fourth-order valence-corrected chi connectivity index (χ4v) is 1.70. The molecule has 0 bridgehead atoms. The van der Waals surface area contributed by atoms with Crippen molar-refractivity contribution >= 4 is 5.97 Å². The molecule has 0 heterocycles. The summed E-state index contributed by atoms with van der Waals surface area (Å²) in [6.45, 7) is 2.30. The van der Waals surface area contributed by atoms with Crippen molar-refractivity contribution in [1.29, 1.82) is 0 Å². The van der Waals surface area contributed by atoms with Crippen LogP contribution in [0.5, 0.6) is 0 Å². The molecule has 0 radical (unpaired) electrons. The molecule has 0 aromatic rings. The van der Waals surface area contributed by atoms with Crippen LogP contribution in [0.3, 0.4) is 0 Å². The summed E-state index contributed by atoms with van der Waals surface area (Å²) >= 11 is 0. The molecule has 0 aromatic heterocycles. The summed E-state index contributed by atoms with van der Waals surface area (Å²) in [5.74, 6) is 0.282. The Morgan fingerprint density at radius 3 is 2.50 bits per heavy atom. The topological polar surface area (TPSA) is 52.3 Å². The van der Waals surface area contributed by atoms with Crippen molar-refractivity contribution in [2.24, 2.45) is 17.1 Å². The molecule has 1 fully saturated rings. The first kappa shape index (κ1) is 9.52. The molecule has 12 heavy (non-hydrogen) atoms. The lowest BCUT2D eigenvalue weighted by Crippen LogP contribution is -2.45. The predicted molar refractivity (Wildman–Crippen MR) is 46.5 cm³/mol. The minimum atomic E-state index is -0.437. The Labute approximate surface area is 73.3 Å². The molecule has 70 valence electrons. The van der Waals surface area contributed by atoms with Crippen molar-refractivity contribution in [3.63, 3.8) is 0 Å². The SMILES string of the molecule is COC(=O)C(C)(CN)C1CCC1. The Morgan fingerprint density at radius 2 is 2.25 bits per heavy atom. The third kappa shape index (κ3) is 1.33. The van der Waals surface area contributed by atoms with Gasteiger partial charge in [-0.05, 0) is 25.7 Å². The molecule has 0 spiro atoms. The molecule has 0 aromatic carbocycles. The van der Waals surface area contributed by atoms with Crippen LogP contribution in [0, 0.1) is 11.3 Å². The molecule has 1 aliphatic rings. The fourth-order valence-electron chi connectivity index (χ4n) is 1.70. The summed E-state index contributed by atoms with van der Waals surface area (Å²) < 4.78 is 4.74. The van der Waals surface area contributed by atoms with Crippen molar-refractivity contribution in [1.82, 2.24) is 0 Å². The molecular formula is C9H17NO2. The molecule has 0 saturated heterocycles. The molecule has 1 atom stereocenters. The molecule has 1 rings (SSSR count). The number of carbonyl (C=O) groups excluding carboxylic acids is 1. The quantitative estimate of drug-likeness (QED) is 0.642. The first-order valence-corrected chi connectivity index (χ1v) is 4.43. The van der Waals surface area contributed by atoms with E-state index < -0.39 is 5.41 Å². The Balaban J connectivity index is 2.66. The van der Waals surface area contributed by atoms with E-state index in [4.69, 9.17) is 10.5 Å². The highest BCUT2D eigenvalue weighted by molar-refractivity contribution is 5.77. The monoisotopic (exact) mass is 171 g/mol. The number of rotatable bonds is 3. The summed E-state index contributed by atoms with van der Waals surface area (Å²) in [6, 6.07) is 0. The number of ether oxygens (including phenoxy) is 1. The molecule has 0 aliphatic heterocycles. The molecule has 1 aliphatic carbocycles. The molecule has 1 saturated carbocycles. The van der Waals surface area contributed by atoms with E-state index in [2.05, 4.69) is 0 Å². The maximum absolute atomic E-state index is 11.4. The van der Waals surface area contributed by atoms with E-state index in [0.29, 0.717) is 12.5 Å². The average molecular weight is 171 g/mol. The third-order valence-electron chi connectivity index (χ3n) is 3.08. The van der Waals surface area contributed by atoms with Crippen LogP contribution in [0.2, 0.25) is 0 Å². The highest BCUT2D eigenvalue weighted by Crippen LogP contribution is 2.41. The van der Waals surface area contributed by atoms with Gasteiger partial charge in [0.15, 0.2) is 0 Å². The highest BCUT2D eigenvalue weighted by atomic mass is 16.5. The van der Waals surface area contributed by atoms with Gasteiger partial charge in [-0.1, -0.05) is 6.42 Å². The zero-order valence-electron chi connectivity index (χ0n) is 7.80. The second-order valence-corrected chi connectivity index (χ2v) is 3.74. The van der Waals surface area contributed by atoms with Gasteiger partial charge in [-0.3, -0.25) is 4.79 Å². The second kappa shape index (κ2) is 3.44. The summed E-state index contributed by atoms with van der Waals surface area (Å²) in [7, 11) is 1.43. The smallest absolute Gasteiger partial charge is 0.313 e. The first-order valence-electron chi connectivity index (χ1n) is 4.43. The van der Waals surface area contributed by atoms with E-state index in [1.807, 2.05) is 6.92 Å². The van der Waals surface area contributed by atoms with E-state index >= 15 is 0 Å². The van der Waals surface area contributed by atoms with Gasteiger partial charge in [0.25, 0.3) is 0 Å². The van der Waals surface area contributed by atoms with Crippen LogP contribution in [-0.4, -0.2) is 19.6 Å². The van der Waals surface area contributed by atoms with Gasteiger partial charge in [0, 0.05) is 6.54 Å². The fraction of sp³-hybridized carbons (Fsp3) is 0.889. The van der Waals surface area contributed by atoms with Crippen LogP contribution in [0.4, 0.5) is 0 Å². The van der Waals surface area contributed by atoms with Crippen LogP contribution < -0.4 is 5.73 Å². The first-order chi connectivity index (χ1) is 5.65. The lowest BCUT2D eigenvalue weighted by molar-refractivity contribution is -0.156. The molecule has 0 amide bonds. The van der Waals surface area contributed by atoms with Gasteiger partial charge >= 0.3 is 5.97 Å². The van der Waals surface area contributed by atoms with Crippen LogP contribution >= 0.6 is 0 Å². The average Bonchev–Trinajstić information content (AvgIpc) is 1.99.